The summed E-state index contributed by atoms with van der Waals surface area (Å²) in [6.45, 7) is 3.23. The molecule has 21 heavy (non-hydrogen) atoms. The minimum Gasteiger partial charge on any atom is -0.310 e. The van der Waals surface area contributed by atoms with Gasteiger partial charge in [-0.2, -0.15) is 0 Å². The molecule has 3 heteroatoms. The van der Waals surface area contributed by atoms with Gasteiger partial charge in [0.2, 0.25) is 0 Å². The zero-order chi connectivity index (χ0) is 14.5. The van der Waals surface area contributed by atoms with Crippen LogP contribution in [0.25, 0.3) is 10.9 Å². The first kappa shape index (κ1) is 14.2. The molecule has 3 aromatic rings. The maximum atomic E-state index is 4.60. The zero-order valence-corrected chi connectivity index (χ0v) is 13.1. The van der Waals surface area contributed by atoms with Crippen LogP contribution in [-0.2, 0) is 6.42 Å². The van der Waals surface area contributed by atoms with E-state index in [2.05, 4.69) is 59.0 Å². The molecule has 0 radical (unpaired) electrons. The maximum Gasteiger partial charge on any atom is 0.0702 e. The number of nitrogens with one attached hydrogen (secondary N) is 1. The molecule has 0 aliphatic heterocycles. The fourth-order valence-corrected chi connectivity index (χ4v) is 3.29. The number of para-hydroxylation sites is 1. The number of fused-ring (bicyclic) bond motifs is 1. The maximum absolute atomic E-state index is 4.60. The number of benzene rings is 1. The number of hydrogen-bond donors (Lipinski definition) is 1. The Labute approximate surface area is 129 Å². The summed E-state index contributed by atoms with van der Waals surface area (Å²) in [5, 5.41) is 7.01. The molecular weight excluding hydrogens is 276 g/mol. The van der Waals surface area contributed by atoms with Gasteiger partial charge in [-0.1, -0.05) is 31.2 Å². The summed E-state index contributed by atoms with van der Waals surface area (Å²) < 4.78 is 0. The van der Waals surface area contributed by atoms with Crippen LogP contribution in [0.5, 0.6) is 0 Å². The predicted octanol–water partition coefficient (Wildman–Crippen LogP) is 4.58. The first-order valence-electron chi connectivity index (χ1n) is 7.47. The van der Waals surface area contributed by atoms with Crippen LogP contribution in [-0.4, -0.2) is 11.5 Å². The Bertz CT molecular complexity index is 691. The number of pyridine rings is 1. The highest BCUT2D eigenvalue weighted by Crippen LogP contribution is 2.23. The summed E-state index contributed by atoms with van der Waals surface area (Å²) in [6.07, 6.45) is 4.18. The topological polar surface area (TPSA) is 24.9 Å². The van der Waals surface area contributed by atoms with Gasteiger partial charge in [-0.05, 0) is 42.1 Å². The molecule has 3 rings (SSSR count). The van der Waals surface area contributed by atoms with E-state index in [0.29, 0.717) is 6.04 Å². The van der Waals surface area contributed by atoms with Crippen LogP contribution in [0.3, 0.4) is 0 Å². The van der Waals surface area contributed by atoms with Crippen molar-refractivity contribution in [3.05, 3.63) is 64.5 Å². The molecule has 0 saturated heterocycles. The second-order valence-corrected chi connectivity index (χ2v) is 6.28. The molecule has 1 unspecified atom stereocenters. The van der Waals surface area contributed by atoms with Crippen LogP contribution in [0.1, 0.15) is 29.8 Å². The normalized spacial score (nSPS) is 12.6. The molecule has 2 nitrogen and oxygen atoms in total. The molecule has 1 N–H and O–H groups in total. The highest BCUT2D eigenvalue weighted by molar-refractivity contribution is 7.09. The van der Waals surface area contributed by atoms with Gasteiger partial charge in [-0.15, -0.1) is 11.3 Å². The van der Waals surface area contributed by atoms with E-state index in [4.69, 9.17) is 0 Å². The van der Waals surface area contributed by atoms with Crippen LogP contribution in [0.2, 0.25) is 0 Å². The predicted molar refractivity (Wildman–Crippen MR) is 90.8 cm³/mol. The number of aromatic nitrogens is 1. The fourth-order valence-electron chi connectivity index (χ4n) is 2.53. The molecule has 0 fully saturated rings. The van der Waals surface area contributed by atoms with Crippen molar-refractivity contribution in [1.29, 1.82) is 0 Å². The lowest BCUT2D eigenvalue weighted by Gasteiger charge is -2.18. The van der Waals surface area contributed by atoms with Gasteiger partial charge >= 0.3 is 0 Å². The van der Waals surface area contributed by atoms with Crippen molar-refractivity contribution in [3.8, 4) is 0 Å². The van der Waals surface area contributed by atoms with E-state index in [0.717, 1.165) is 24.9 Å². The molecule has 0 saturated carbocycles. The van der Waals surface area contributed by atoms with E-state index in [9.17, 15) is 0 Å². The van der Waals surface area contributed by atoms with E-state index in [1.54, 1.807) is 0 Å². The van der Waals surface area contributed by atoms with E-state index in [-0.39, 0.29) is 0 Å². The lowest BCUT2D eigenvalue weighted by atomic mass is 10.0. The first-order chi connectivity index (χ1) is 10.4. The summed E-state index contributed by atoms with van der Waals surface area (Å²) in [5.74, 6) is 0. The standard InChI is InChI=1S/C18H20N2S/c1-2-9-19-18(12-16-7-5-10-21-16)15-11-14-6-3-4-8-17(14)20-13-15/h3-8,10-11,13,18-19H,2,9,12H2,1H3. The van der Waals surface area contributed by atoms with Gasteiger partial charge in [0.25, 0.3) is 0 Å². The summed E-state index contributed by atoms with van der Waals surface area (Å²) in [5.41, 5.74) is 2.34. The zero-order valence-electron chi connectivity index (χ0n) is 12.3. The Hall–Kier alpha value is -1.71. The van der Waals surface area contributed by atoms with Gasteiger partial charge in [-0.3, -0.25) is 4.98 Å². The molecule has 2 heterocycles. The number of thiophene rings is 1. The SMILES string of the molecule is CCCNC(Cc1cccs1)c1cnc2ccccc2c1. The number of hydrogen-bond acceptors (Lipinski definition) is 3. The Morgan fingerprint density at radius 2 is 2.10 bits per heavy atom. The average Bonchev–Trinajstić information content (AvgIpc) is 3.04. The van der Waals surface area contributed by atoms with Gasteiger partial charge in [0.1, 0.15) is 0 Å². The van der Waals surface area contributed by atoms with E-state index in [1.165, 1.54) is 15.8 Å². The molecular formula is C18H20N2S. The minimum absolute atomic E-state index is 0.334. The largest absolute Gasteiger partial charge is 0.310 e. The molecule has 0 amide bonds. The third kappa shape index (κ3) is 3.49. The molecule has 0 aliphatic rings. The Kier molecular flexibility index (Phi) is 4.63. The highest BCUT2D eigenvalue weighted by Gasteiger charge is 2.13. The van der Waals surface area contributed by atoms with Crippen LogP contribution in [0, 0.1) is 0 Å². The smallest absolute Gasteiger partial charge is 0.0702 e. The number of nitrogens with zero attached hydrogens (tertiary/aromatic N) is 1. The van der Waals surface area contributed by atoms with Crippen molar-refractivity contribution >= 4 is 22.2 Å². The summed E-state index contributed by atoms with van der Waals surface area (Å²) in [6, 6.07) is 15.2. The van der Waals surface area contributed by atoms with Crippen molar-refractivity contribution in [2.24, 2.45) is 0 Å². The second-order valence-electron chi connectivity index (χ2n) is 5.25. The third-order valence-corrected chi connectivity index (χ3v) is 4.54. The second kappa shape index (κ2) is 6.83. The Balaban J connectivity index is 1.89. The van der Waals surface area contributed by atoms with Crippen molar-refractivity contribution in [3.63, 3.8) is 0 Å². The highest BCUT2D eigenvalue weighted by atomic mass is 32.1. The summed E-state index contributed by atoms with van der Waals surface area (Å²) >= 11 is 1.82. The Morgan fingerprint density at radius 3 is 2.90 bits per heavy atom. The average molecular weight is 296 g/mol. The van der Waals surface area contributed by atoms with E-state index >= 15 is 0 Å². The fraction of sp³-hybridized carbons (Fsp3) is 0.278. The lowest BCUT2D eigenvalue weighted by molar-refractivity contribution is 0.531. The molecule has 0 aliphatic carbocycles. The van der Waals surface area contributed by atoms with Crippen molar-refractivity contribution in [1.82, 2.24) is 10.3 Å². The molecule has 0 spiro atoms. The Morgan fingerprint density at radius 1 is 1.19 bits per heavy atom. The van der Waals surface area contributed by atoms with Crippen LogP contribution < -0.4 is 5.32 Å². The third-order valence-electron chi connectivity index (χ3n) is 3.64. The van der Waals surface area contributed by atoms with Crippen LogP contribution in [0.4, 0.5) is 0 Å². The van der Waals surface area contributed by atoms with Crippen LogP contribution >= 0.6 is 11.3 Å². The van der Waals surface area contributed by atoms with E-state index in [1.807, 2.05) is 23.6 Å². The van der Waals surface area contributed by atoms with Crippen molar-refractivity contribution in [2.45, 2.75) is 25.8 Å². The van der Waals surface area contributed by atoms with Crippen LogP contribution in [0.15, 0.2) is 54.0 Å². The first-order valence-corrected chi connectivity index (χ1v) is 8.35. The molecule has 108 valence electrons. The minimum atomic E-state index is 0.334. The summed E-state index contributed by atoms with van der Waals surface area (Å²) in [7, 11) is 0. The molecule has 2 aromatic heterocycles. The summed E-state index contributed by atoms with van der Waals surface area (Å²) in [4.78, 5) is 6.02. The number of rotatable bonds is 6. The van der Waals surface area contributed by atoms with Gasteiger partial charge in [0, 0.05) is 28.9 Å². The van der Waals surface area contributed by atoms with E-state index < -0.39 is 0 Å². The van der Waals surface area contributed by atoms with Crippen molar-refractivity contribution in [2.75, 3.05) is 6.54 Å². The van der Waals surface area contributed by atoms with Crippen molar-refractivity contribution < 1.29 is 0 Å². The lowest BCUT2D eigenvalue weighted by Crippen LogP contribution is -2.24. The van der Waals surface area contributed by atoms with Gasteiger partial charge in [0.15, 0.2) is 0 Å². The quantitative estimate of drug-likeness (QED) is 0.720. The molecule has 1 aromatic carbocycles. The van der Waals surface area contributed by atoms with Gasteiger partial charge in [-0.25, -0.2) is 0 Å². The van der Waals surface area contributed by atoms with Gasteiger partial charge < -0.3 is 5.32 Å². The molecule has 0 bridgehead atoms. The monoisotopic (exact) mass is 296 g/mol. The molecule has 1 atom stereocenters. The van der Waals surface area contributed by atoms with Gasteiger partial charge in [0.05, 0.1) is 5.52 Å².